The number of nitrogens with two attached hydrogens (primary N) is 1. The Kier molecular flexibility index (Phi) is 4.89. The van der Waals surface area contributed by atoms with Gasteiger partial charge in [0.25, 0.3) is 5.56 Å². The molecule has 0 aliphatic rings. The molecule has 2 aromatic heterocycles. The Bertz CT molecular complexity index is 654. The summed E-state index contributed by atoms with van der Waals surface area (Å²) < 4.78 is 1.38. The molecular weight excluding hydrogens is 268 g/mol. The van der Waals surface area contributed by atoms with E-state index in [0.29, 0.717) is 6.54 Å². The molecule has 0 aliphatic carbocycles. The molecule has 3 N–H and O–H groups in total. The minimum Gasteiger partial charge on any atom is -0.373 e. The molecule has 7 heteroatoms. The number of hydrazine groups is 1. The summed E-state index contributed by atoms with van der Waals surface area (Å²) in [6.07, 6.45) is 4.35. The number of nitrogens with one attached hydrogen (secondary N) is 1. The van der Waals surface area contributed by atoms with Gasteiger partial charge in [-0.15, -0.1) is 0 Å². The van der Waals surface area contributed by atoms with Gasteiger partial charge in [-0.3, -0.25) is 15.6 Å². The third-order valence-corrected chi connectivity index (χ3v) is 3.15. The van der Waals surface area contributed by atoms with Crippen molar-refractivity contribution >= 4 is 11.4 Å². The number of hydrogen-bond donors (Lipinski definition) is 2. The van der Waals surface area contributed by atoms with Crippen LogP contribution in [0, 0.1) is 0 Å². The molecule has 2 rings (SSSR count). The van der Waals surface area contributed by atoms with Crippen molar-refractivity contribution in [1.82, 2.24) is 14.8 Å². The molecule has 7 nitrogen and oxygen atoms in total. The predicted octanol–water partition coefficient (Wildman–Crippen LogP) is 0.818. The van der Waals surface area contributed by atoms with E-state index in [0.717, 1.165) is 30.0 Å². The van der Waals surface area contributed by atoms with Crippen LogP contribution in [-0.2, 0) is 6.54 Å². The molecule has 0 saturated heterocycles. The van der Waals surface area contributed by atoms with Crippen molar-refractivity contribution in [2.45, 2.75) is 19.9 Å². The Morgan fingerprint density at radius 1 is 1.43 bits per heavy atom. The SMILES string of the molecule is CCCN(C)c1cnn(Cc2cc(NN)ccn2)c(=O)c1. The van der Waals surface area contributed by atoms with E-state index in [4.69, 9.17) is 5.84 Å². The zero-order chi connectivity index (χ0) is 15.2. The van der Waals surface area contributed by atoms with Gasteiger partial charge in [0.05, 0.1) is 29.8 Å². The molecule has 0 atom stereocenters. The maximum atomic E-state index is 12.1. The highest BCUT2D eigenvalue weighted by atomic mass is 16.1. The van der Waals surface area contributed by atoms with Crippen molar-refractivity contribution in [3.05, 3.63) is 46.6 Å². The second-order valence-corrected chi connectivity index (χ2v) is 4.81. The fraction of sp³-hybridized carbons (Fsp3) is 0.357. The van der Waals surface area contributed by atoms with E-state index in [9.17, 15) is 4.79 Å². The Hall–Kier alpha value is -2.41. The van der Waals surface area contributed by atoms with Crippen molar-refractivity contribution in [3.63, 3.8) is 0 Å². The van der Waals surface area contributed by atoms with Gasteiger partial charge in [0.1, 0.15) is 0 Å². The third kappa shape index (κ3) is 3.79. The Morgan fingerprint density at radius 2 is 2.24 bits per heavy atom. The summed E-state index contributed by atoms with van der Waals surface area (Å²) in [6, 6.07) is 5.13. The molecule has 0 radical (unpaired) electrons. The van der Waals surface area contributed by atoms with E-state index >= 15 is 0 Å². The highest BCUT2D eigenvalue weighted by molar-refractivity contribution is 5.42. The summed E-state index contributed by atoms with van der Waals surface area (Å²) >= 11 is 0. The van der Waals surface area contributed by atoms with Gasteiger partial charge in [0.2, 0.25) is 0 Å². The lowest BCUT2D eigenvalue weighted by Crippen LogP contribution is -2.26. The van der Waals surface area contributed by atoms with Gasteiger partial charge in [-0.05, 0) is 18.6 Å². The first-order chi connectivity index (χ1) is 10.1. The average Bonchev–Trinajstić information content (AvgIpc) is 2.49. The van der Waals surface area contributed by atoms with Crippen molar-refractivity contribution in [3.8, 4) is 0 Å². The van der Waals surface area contributed by atoms with E-state index in [1.54, 1.807) is 30.6 Å². The maximum Gasteiger partial charge on any atom is 0.269 e. The zero-order valence-electron chi connectivity index (χ0n) is 12.3. The second-order valence-electron chi connectivity index (χ2n) is 4.81. The van der Waals surface area contributed by atoms with Gasteiger partial charge in [-0.25, -0.2) is 4.68 Å². The summed E-state index contributed by atoms with van der Waals surface area (Å²) in [7, 11) is 1.95. The molecular formula is C14H20N6O. The average molecular weight is 288 g/mol. The quantitative estimate of drug-likeness (QED) is 0.604. The van der Waals surface area contributed by atoms with Crippen LogP contribution in [0.15, 0.2) is 35.4 Å². The standard InChI is InChI=1S/C14H20N6O/c1-3-6-19(2)13-8-14(21)20(17-9-13)10-12-7-11(18-15)4-5-16-12/h4-5,7-9H,3,6,10,15H2,1-2H3,(H,16,18). The summed E-state index contributed by atoms with van der Waals surface area (Å²) in [4.78, 5) is 18.3. The molecule has 21 heavy (non-hydrogen) atoms. The minimum absolute atomic E-state index is 0.150. The van der Waals surface area contributed by atoms with Crippen molar-refractivity contribution in [2.75, 3.05) is 23.9 Å². The zero-order valence-corrected chi connectivity index (χ0v) is 12.3. The molecule has 0 unspecified atom stereocenters. The van der Waals surface area contributed by atoms with Crippen LogP contribution in [0.4, 0.5) is 11.4 Å². The summed E-state index contributed by atoms with van der Waals surface area (Å²) in [5.74, 6) is 5.36. The number of pyridine rings is 1. The minimum atomic E-state index is -0.150. The fourth-order valence-corrected chi connectivity index (χ4v) is 2.02. The molecule has 0 saturated carbocycles. The fourth-order valence-electron chi connectivity index (χ4n) is 2.02. The van der Waals surface area contributed by atoms with Gasteiger partial charge in [-0.1, -0.05) is 6.92 Å². The third-order valence-electron chi connectivity index (χ3n) is 3.15. The first-order valence-electron chi connectivity index (χ1n) is 6.84. The monoisotopic (exact) mass is 288 g/mol. The van der Waals surface area contributed by atoms with Crippen molar-refractivity contribution < 1.29 is 0 Å². The lowest BCUT2D eigenvalue weighted by molar-refractivity contribution is 0.626. The van der Waals surface area contributed by atoms with Crippen LogP contribution in [0.5, 0.6) is 0 Å². The van der Waals surface area contributed by atoms with Crippen LogP contribution < -0.4 is 21.7 Å². The second kappa shape index (κ2) is 6.85. The lowest BCUT2D eigenvalue weighted by Gasteiger charge is -2.17. The lowest BCUT2D eigenvalue weighted by atomic mass is 10.3. The molecule has 0 fully saturated rings. The van der Waals surface area contributed by atoms with Crippen molar-refractivity contribution in [2.24, 2.45) is 5.84 Å². The highest BCUT2D eigenvalue weighted by Crippen LogP contribution is 2.09. The predicted molar refractivity (Wildman–Crippen MR) is 83.2 cm³/mol. The Balaban J connectivity index is 2.19. The van der Waals surface area contributed by atoms with Crippen LogP contribution >= 0.6 is 0 Å². The first-order valence-corrected chi connectivity index (χ1v) is 6.84. The highest BCUT2D eigenvalue weighted by Gasteiger charge is 2.05. The Morgan fingerprint density at radius 3 is 2.90 bits per heavy atom. The summed E-state index contributed by atoms with van der Waals surface area (Å²) in [5.41, 5.74) is 4.68. The van der Waals surface area contributed by atoms with Crippen LogP contribution in [0.25, 0.3) is 0 Å². The maximum absolute atomic E-state index is 12.1. The van der Waals surface area contributed by atoms with E-state index < -0.39 is 0 Å². The summed E-state index contributed by atoms with van der Waals surface area (Å²) in [5, 5.41) is 4.20. The van der Waals surface area contributed by atoms with Crippen LogP contribution in [0.3, 0.4) is 0 Å². The molecule has 2 heterocycles. The molecule has 112 valence electrons. The molecule has 0 amide bonds. The number of rotatable bonds is 6. The number of anilines is 2. The van der Waals surface area contributed by atoms with E-state index in [-0.39, 0.29) is 5.56 Å². The number of nitrogens with zero attached hydrogens (tertiary/aromatic N) is 4. The smallest absolute Gasteiger partial charge is 0.269 e. The van der Waals surface area contributed by atoms with Crippen molar-refractivity contribution in [1.29, 1.82) is 0 Å². The van der Waals surface area contributed by atoms with Gasteiger partial charge in [0, 0.05) is 25.9 Å². The van der Waals surface area contributed by atoms with E-state index in [1.807, 2.05) is 11.9 Å². The van der Waals surface area contributed by atoms with Crippen LogP contribution in [0.1, 0.15) is 19.0 Å². The van der Waals surface area contributed by atoms with E-state index in [2.05, 4.69) is 22.4 Å². The first kappa shape index (κ1) is 15.0. The largest absolute Gasteiger partial charge is 0.373 e. The number of hydrogen-bond acceptors (Lipinski definition) is 6. The number of nitrogen functional groups attached to an aromatic ring is 1. The topological polar surface area (TPSA) is 89.1 Å². The molecule has 0 bridgehead atoms. The molecule has 0 aliphatic heterocycles. The molecule has 2 aromatic rings. The summed E-state index contributed by atoms with van der Waals surface area (Å²) in [6.45, 7) is 3.29. The number of aromatic nitrogens is 3. The molecule has 0 spiro atoms. The van der Waals surface area contributed by atoms with Gasteiger partial charge in [0.15, 0.2) is 0 Å². The molecule has 0 aromatic carbocycles. The van der Waals surface area contributed by atoms with Crippen LogP contribution in [-0.4, -0.2) is 28.4 Å². The Labute approximate surface area is 123 Å². The van der Waals surface area contributed by atoms with E-state index in [1.165, 1.54) is 4.68 Å². The van der Waals surface area contributed by atoms with Crippen LogP contribution in [0.2, 0.25) is 0 Å². The van der Waals surface area contributed by atoms with Gasteiger partial charge < -0.3 is 10.3 Å². The van der Waals surface area contributed by atoms with Gasteiger partial charge >= 0.3 is 0 Å². The van der Waals surface area contributed by atoms with Gasteiger partial charge in [-0.2, -0.15) is 5.10 Å². The normalized spacial score (nSPS) is 10.4.